The molecule has 0 heterocycles. The van der Waals surface area contributed by atoms with Crippen molar-refractivity contribution in [3.63, 3.8) is 0 Å². The molecule has 4 heteroatoms. The van der Waals surface area contributed by atoms with Gasteiger partial charge in [-0.15, -0.1) is 0 Å². The number of hydrogen-bond donors (Lipinski definition) is 0. The van der Waals surface area contributed by atoms with Crippen LogP contribution in [0, 0.1) is 24.3 Å². The van der Waals surface area contributed by atoms with Crippen LogP contribution in [-0.2, 0) is 9.53 Å². The van der Waals surface area contributed by atoms with Gasteiger partial charge in [0.2, 0.25) is 0 Å². The third kappa shape index (κ3) is 4.84. The van der Waals surface area contributed by atoms with Crippen molar-refractivity contribution in [2.75, 3.05) is 0 Å². The van der Waals surface area contributed by atoms with E-state index in [1.54, 1.807) is 0 Å². The van der Waals surface area contributed by atoms with Gasteiger partial charge >= 0.3 is 11.9 Å². The van der Waals surface area contributed by atoms with E-state index in [0.717, 1.165) is 57.3 Å². The second-order valence-corrected chi connectivity index (χ2v) is 6.53. The number of carbonyl (C=O) groups is 1. The van der Waals surface area contributed by atoms with Gasteiger partial charge in [0.05, 0.1) is 12.5 Å². The molecule has 2 rings (SSSR count). The van der Waals surface area contributed by atoms with Gasteiger partial charge in [0.1, 0.15) is 6.10 Å². The van der Waals surface area contributed by atoms with E-state index in [0.29, 0.717) is 0 Å². The molecule has 0 amide bonds. The maximum atomic E-state index is 12.9. The molecule has 0 unspecified atom stereocenters. The number of esters is 1. The van der Waals surface area contributed by atoms with E-state index in [-0.39, 0.29) is 23.9 Å². The van der Waals surface area contributed by atoms with Crippen LogP contribution in [0.5, 0.6) is 0 Å². The summed E-state index contributed by atoms with van der Waals surface area (Å²) in [5.74, 6) is 0.177. The van der Waals surface area contributed by atoms with Crippen LogP contribution < -0.4 is 0 Å². The Labute approximate surface area is 126 Å². The lowest BCUT2D eigenvalue weighted by atomic mass is 9.83. The molecule has 3 nitrogen and oxygen atoms in total. The third-order valence-electron chi connectivity index (χ3n) is 4.83. The zero-order valence-electron chi connectivity index (χ0n) is 12.7. The van der Waals surface area contributed by atoms with Crippen molar-refractivity contribution < 1.29 is 13.9 Å². The zero-order chi connectivity index (χ0) is 15.2. The van der Waals surface area contributed by atoms with Gasteiger partial charge in [0.25, 0.3) is 0 Å². The Hall–Kier alpha value is -1.37. The SMILES string of the molecule is [C-]#[N+]/C(F)=C\C1CCC(OC(=O)C2CCC(C)CC2)CC1. The fraction of sp³-hybridized carbons (Fsp3) is 0.765. The Morgan fingerprint density at radius 3 is 2.33 bits per heavy atom. The van der Waals surface area contributed by atoms with Gasteiger partial charge < -0.3 is 4.74 Å². The molecule has 0 bridgehead atoms. The molecule has 0 aliphatic heterocycles. The van der Waals surface area contributed by atoms with Crippen LogP contribution in [0.25, 0.3) is 4.85 Å². The monoisotopic (exact) mass is 293 g/mol. The number of nitrogens with zero attached hydrogens (tertiary/aromatic N) is 1. The Morgan fingerprint density at radius 1 is 1.14 bits per heavy atom. The van der Waals surface area contributed by atoms with E-state index in [1.807, 2.05) is 0 Å². The van der Waals surface area contributed by atoms with Crippen molar-refractivity contribution in [1.82, 2.24) is 0 Å². The van der Waals surface area contributed by atoms with E-state index in [9.17, 15) is 9.18 Å². The standard InChI is InChI=1S/C17H24FNO2/c1-12-3-7-14(8-4-12)17(20)21-15-9-5-13(6-10-15)11-16(18)19-2/h11-15H,3-10H2,1H3/b16-11-. The lowest BCUT2D eigenvalue weighted by molar-refractivity contribution is -0.157. The Balaban J connectivity index is 1.73. The topological polar surface area (TPSA) is 30.7 Å². The Morgan fingerprint density at radius 2 is 1.76 bits per heavy atom. The molecule has 21 heavy (non-hydrogen) atoms. The molecular weight excluding hydrogens is 269 g/mol. The van der Waals surface area contributed by atoms with Gasteiger partial charge in [-0.25, -0.2) is 9.24 Å². The average Bonchev–Trinajstić information content (AvgIpc) is 2.49. The smallest absolute Gasteiger partial charge is 0.327 e. The lowest BCUT2D eigenvalue weighted by Gasteiger charge is -2.30. The third-order valence-corrected chi connectivity index (χ3v) is 4.83. The molecule has 0 radical (unpaired) electrons. The number of carbonyl (C=O) groups excluding carboxylic acids is 1. The minimum Gasteiger partial charge on any atom is -0.462 e. The van der Waals surface area contributed by atoms with E-state index in [1.165, 1.54) is 6.08 Å². The van der Waals surface area contributed by atoms with Crippen molar-refractivity contribution in [2.24, 2.45) is 17.8 Å². The van der Waals surface area contributed by atoms with Crippen LogP contribution >= 0.6 is 0 Å². The summed E-state index contributed by atoms with van der Waals surface area (Å²) in [6.07, 6.45) is 8.68. The summed E-state index contributed by atoms with van der Waals surface area (Å²) in [5.41, 5.74) is 0. The zero-order valence-corrected chi connectivity index (χ0v) is 12.7. The molecule has 2 saturated carbocycles. The van der Waals surface area contributed by atoms with Crippen molar-refractivity contribution in [2.45, 2.75) is 64.4 Å². The van der Waals surface area contributed by atoms with Crippen molar-refractivity contribution >= 4 is 5.97 Å². The highest BCUT2D eigenvalue weighted by Crippen LogP contribution is 2.32. The van der Waals surface area contributed by atoms with Crippen LogP contribution in [0.3, 0.4) is 0 Å². The van der Waals surface area contributed by atoms with Crippen molar-refractivity contribution in [3.05, 3.63) is 23.4 Å². The number of rotatable bonds is 3. The average molecular weight is 293 g/mol. The van der Waals surface area contributed by atoms with Crippen LogP contribution in [0.2, 0.25) is 0 Å². The highest BCUT2D eigenvalue weighted by atomic mass is 19.1. The normalized spacial score (nSPS) is 34.0. The van der Waals surface area contributed by atoms with Gasteiger partial charge in [-0.3, -0.25) is 4.79 Å². The molecule has 0 aromatic heterocycles. The molecule has 0 spiro atoms. The first-order valence-corrected chi connectivity index (χ1v) is 8.03. The summed E-state index contributed by atoms with van der Waals surface area (Å²) in [5, 5.41) is 0. The van der Waals surface area contributed by atoms with Gasteiger partial charge in [-0.2, -0.15) is 0 Å². The predicted octanol–water partition coefficient (Wildman–Crippen LogP) is 4.64. The minimum atomic E-state index is -0.716. The maximum absolute atomic E-state index is 12.9. The molecule has 116 valence electrons. The molecular formula is C17H24FNO2. The number of hydrogen-bond acceptors (Lipinski definition) is 2. The quantitative estimate of drug-likeness (QED) is 0.431. The minimum absolute atomic E-state index is 0.0162. The highest BCUT2D eigenvalue weighted by molar-refractivity contribution is 5.72. The first kappa shape index (κ1) is 16.0. The summed E-state index contributed by atoms with van der Waals surface area (Å²) >= 11 is 0. The highest BCUT2D eigenvalue weighted by Gasteiger charge is 2.29. The van der Waals surface area contributed by atoms with Crippen LogP contribution in [0.4, 0.5) is 4.39 Å². The molecule has 0 aromatic rings. The summed E-state index contributed by atoms with van der Waals surface area (Å²) < 4.78 is 18.6. The predicted molar refractivity (Wildman–Crippen MR) is 78.8 cm³/mol. The fourth-order valence-corrected chi connectivity index (χ4v) is 3.36. The van der Waals surface area contributed by atoms with Gasteiger partial charge in [-0.05, 0) is 69.3 Å². The summed E-state index contributed by atoms with van der Waals surface area (Å²) in [6, 6.07) is 0. The maximum Gasteiger partial charge on any atom is 0.327 e. The van der Waals surface area contributed by atoms with Crippen LogP contribution in [0.15, 0.2) is 12.0 Å². The second kappa shape index (κ2) is 7.59. The number of allylic oxidation sites excluding steroid dienone is 1. The van der Waals surface area contributed by atoms with Crippen molar-refractivity contribution in [3.8, 4) is 0 Å². The molecule has 2 aliphatic rings. The molecule has 0 saturated heterocycles. The van der Waals surface area contributed by atoms with Crippen LogP contribution in [0.1, 0.15) is 58.3 Å². The first-order chi connectivity index (χ1) is 10.1. The lowest BCUT2D eigenvalue weighted by Crippen LogP contribution is -2.29. The molecule has 0 N–H and O–H groups in total. The number of halogens is 1. The summed E-state index contributed by atoms with van der Waals surface area (Å²) in [4.78, 5) is 14.9. The van der Waals surface area contributed by atoms with Gasteiger partial charge in [-0.1, -0.05) is 6.92 Å². The van der Waals surface area contributed by atoms with Crippen molar-refractivity contribution in [1.29, 1.82) is 0 Å². The van der Waals surface area contributed by atoms with E-state index in [2.05, 4.69) is 11.8 Å². The Kier molecular flexibility index (Phi) is 5.78. The van der Waals surface area contributed by atoms with Crippen LogP contribution in [-0.4, -0.2) is 12.1 Å². The second-order valence-electron chi connectivity index (χ2n) is 6.53. The molecule has 2 fully saturated rings. The van der Waals surface area contributed by atoms with Gasteiger partial charge in [0, 0.05) is 0 Å². The molecule has 2 aliphatic carbocycles. The first-order valence-electron chi connectivity index (χ1n) is 8.03. The summed E-state index contributed by atoms with van der Waals surface area (Å²) in [7, 11) is 0. The largest absolute Gasteiger partial charge is 0.462 e. The molecule has 0 aromatic carbocycles. The summed E-state index contributed by atoms with van der Waals surface area (Å²) in [6.45, 7) is 8.83. The molecule has 0 atom stereocenters. The van der Waals surface area contributed by atoms with E-state index < -0.39 is 5.95 Å². The van der Waals surface area contributed by atoms with Gasteiger partial charge in [0.15, 0.2) is 0 Å². The van der Waals surface area contributed by atoms with E-state index >= 15 is 0 Å². The Bertz CT molecular complexity index is 425. The number of ether oxygens (including phenoxy) is 1. The van der Waals surface area contributed by atoms with E-state index in [4.69, 9.17) is 11.3 Å². The fourth-order valence-electron chi connectivity index (χ4n) is 3.36.